The highest BCUT2D eigenvalue weighted by Crippen LogP contribution is 2.23. The van der Waals surface area contributed by atoms with Crippen LogP contribution in [-0.2, 0) is 9.59 Å². The lowest BCUT2D eigenvalue weighted by Crippen LogP contribution is -2.55. The molecule has 20 heavy (non-hydrogen) atoms. The molecule has 1 rings (SSSR count). The molecule has 5 nitrogen and oxygen atoms in total. The number of carbonyl (C=O) groups excluding carboxylic acids is 2. The zero-order chi connectivity index (χ0) is 15.5. The summed E-state index contributed by atoms with van der Waals surface area (Å²) in [4.78, 5) is 25.4. The van der Waals surface area contributed by atoms with E-state index in [9.17, 15) is 14.7 Å². The van der Waals surface area contributed by atoms with Crippen LogP contribution >= 0.6 is 11.6 Å². The van der Waals surface area contributed by atoms with Crippen molar-refractivity contribution in [2.75, 3.05) is 14.1 Å². The van der Waals surface area contributed by atoms with E-state index in [-0.39, 0.29) is 5.91 Å². The summed E-state index contributed by atoms with van der Waals surface area (Å²) in [7, 11) is 3.20. The highest BCUT2D eigenvalue weighted by molar-refractivity contribution is 6.31. The number of rotatable bonds is 4. The fraction of sp³-hybridized carbons (Fsp3) is 0.429. The van der Waals surface area contributed by atoms with E-state index in [0.29, 0.717) is 10.6 Å². The summed E-state index contributed by atoms with van der Waals surface area (Å²) >= 11 is 5.93. The Hall–Kier alpha value is -1.59. The maximum absolute atomic E-state index is 12.0. The molecule has 1 aromatic rings. The lowest BCUT2D eigenvalue weighted by Gasteiger charge is -2.29. The summed E-state index contributed by atoms with van der Waals surface area (Å²) in [6.07, 6.45) is -1.42. The third-order valence-corrected chi connectivity index (χ3v) is 3.17. The van der Waals surface area contributed by atoms with Crippen LogP contribution in [-0.4, -0.2) is 41.5 Å². The third-order valence-electron chi connectivity index (χ3n) is 2.82. The lowest BCUT2D eigenvalue weighted by atomic mass is 10.0. The zero-order valence-corrected chi connectivity index (χ0v) is 12.7. The van der Waals surface area contributed by atoms with Crippen LogP contribution in [0.25, 0.3) is 0 Å². The van der Waals surface area contributed by atoms with Crippen LogP contribution in [0.1, 0.15) is 25.5 Å². The number of carbonyl (C=O) groups is 2. The first-order valence-corrected chi connectivity index (χ1v) is 6.51. The third kappa shape index (κ3) is 3.71. The van der Waals surface area contributed by atoms with E-state index >= 15 is 0 Å². The van der Waals surface area contributed by atoms with Crippen LogP contribution in [0, 0.1) is 0 Å². The Labute approximate surface area is 123 Å². The van der Waals surface area contributed by atoms with Crippen molar-refractivity contribution in [1.82, 2.24) is 10.2 Å². The van der Waals surface area contributed by atoms with E-state index < -0.39 is 17.6 Å². The normalized spacial score (nSPS) is 12.7. The quantitative estimate of drug-likeness (QED) is 0.882. The van der Waals surface area contributed by atoms with Gasteiger partial charge in [0.1, 0.15) is 5.54 Å². The molecule has 1 atom stereocenters. The number of benzene rings is 1. The number of halogens is 1. The van der Waals surface area contributed by atoms with Crippen LogP contribution in [0.3, 0.4) is 0 Å². The minimum absolute atomic E-state index is 0.266. The van der Waals surface area contributed by atoms with Crippen molar-refractivity contribution >= 4 is 23.4 Å². The number of hydrogen-bond donors (Lipinski definition) is 2. The summed E-state index contributed by atoms with van der Waals surface area (Å²) in [6.45, 7) is 3.15. The molecule has 0 aliphatic heterocycles. The van der Waals surface area contributed by atoms with Gasteiger partial charge < -0.3 is 15.3 Å². The lowest BCUT2D eigenvalue weighted by molar-refractivity contribution is -0.141. The Bertz CT molecular complexity index is 515. The summed E-state index contributed by atoms with van der Waals surface area (Å²) < 4.78 is 0. The molecular weight excluding hydrogens is 280 g/mol. The van der Waals surface area contributed by atoms with Crippen molar-refractivity contribution in [1.29, 1.82) is 0 Å². The predicted octanol–water partition coefficient (Wildman–Crippen LogP) is 1.36. The molecule has 2 N–H and O–H groups in total. The van der Waals surface area contributed by atoms with E-state index in [2.05, 4.69) is 5.32 Å². The number of aliphatic hydroxyl groups is 1. The van der Waals surface area contributed by atoms with Gasteiger partial charge in [0.2, 0.25) is 5.91 Å². The first kappa shape index (κ1) is 16.5. The summed E-state index contributed by atoms with van der Waals surface area (Å²) in [5.74, 6) is -0.935. The highest BCUT2D eigenvalue weighted by Gasteiger charge is 2.33. The number of amides is 2. The van der Waals surface area contributed by atoms with Gasteiger partial charge in [-0.05, 0) is 19.9 Å². The average molecular weight is 299 g/mol. The molecule has 1 aromatic carbocycles. The summed E-state index contributed by atoms with van der Waals surface area (Å²) in [5, 5.41) is 12.9. The molecule has 0 bridgehead atoms. The first-order valence-electron chi connectivity index (χ1n) is 6.13. The van der Waals surface area contributed by atoms with Crippen molar-refractivity contribution in [2.45, 2.75) is 25.5 Å². The average Bonchev–Trinajstić information content (AvgIpc) is 2.36. The van der Waals surface area contributed by atoms with Gasteiger partial charge in [0, 0.05) is 24.7 Å². The number of nitrogens with one attached hydrogen (secondary N) is 1. The Morgan fingerprint density at radius 3 is 2.35 bits per heavy atom. The second-order valence-corrected chi connectivity index (χ2v) is 5.65. The second kappa shape index (κ2) is 6.24. The molecule has 0 aliphatic carbocycles. The predicted molar refractivity (Wildman–Crippen MR) is 77.3 cm³/mol. The molecule has 6 heteroatoms. The monoisotopic (exact) mass is 298 g/mol. The van der Waals surface area contributed by atoms with Gasteiger partial charge >= 0.3 is 0 Å². The molecule has 0 aliphatic rings. The van der Waals surface area contributed by atoms with E-state index in [1.54, 1.807) is 52.2 Å². The van der Waals surface area contributed by atoms with E-state index in [0.717, 1.165) is 0 Å². The van der Waals surface area contributed by atoms with Gasteiger partial charge in [0.05, 0.1) is 0 Å². The minimum atomic E-state index is -1.42. The molecule has 0 spiro atoms. The van der Waals surface area contributed by atoms with Crippen LogP contribution in [0.15, 0.2) is 24.3 Å². The van der Waals surface area contributed by atoms with E-state index in [1.165, 1.54) is 4.90 Å². The molecule has 0 unspecified atom stereocenters. The molecule has 0 saturated carbocycles. The molecule has 0 heterocycles. The molecule has 110 valence electrons. The highest BCUT2D eigenvalue weighted by atomic mass is 35.5. The van der Waals surface area contributed by atoms with Gasteiger partial charge in [-0.25, -0.2) is 0 Å². The van der Waals surface area contributed by atoms with Gasteiger partial charge in [-0.3, -0.25) is 9.59 Å². The van der Waals surface area contributed by atoms with Crippen molar-refractivity contribution in [2.24, 2.45) is 0 Å². The van der Waals surface area contributed by atoms with Crippen LogP contribution in [0.4, 0.5) is 0 Å². The second-order valence-electron chi connectivity index (χ2n) is 5.24. The maximum atomic E-state index is 12.0. The fourth-order valence-corrected chi connectivity index (χ4v) is 2.07. The Morgan fingerprint density at radius 2 is 1.85 bits per heavy atom. The van der Waals surface area contributed by atoms with Crippen LogP contribution in [0.2, 0.25) is 5.02 Å². The standard InChI is InChI=1S/C14H19ClN2O3/c1-14(2,13(20)17(3)4)16-12(19)11(18)9-7-5-6-8-10(9)15/h5-8,11,18H,1-4H3,(H,16,19)/t11-/m1/s1. The number of likely N-dealkylation sites (N-methyl/N-ethyl adjacent to an activating group) is 1. The van der Waals surface area contributed by atoms with Crippen LogP contribution < -0.4 is 5.32 Å². The van der Waals surface area contributed by atoms with Crippen molar-refractivity contribution in [3.05, 3.63) is 34.9 Å². The van der Waals surface area contributed by atoms with E-state index in [4.69, 9.17) is 11.6 Å². The number of hydrogen-bond acceptors (Lipinski definition) is 3. The van der Waals surface area contributed by atoms with Gasteiger partial charge in [-0.15, -0.1) is 0 Å². The van der Waals surface area contributed by atoms with Crippen molar-refractivity contribution in [3.63, 3.8) is 0 Å². The molecular formula is C14H19ClN2O3. The Kier molecular flexibility index (Phi) is 5.14. The minimum Gasteiger partial charge on any atom is -0.378 e. The number of nitrogens with zero attached hydrogens (tertiary/aromatic N) is 1. The molecule has 0 aromatic heterocycles. The summed E-state index contributed by atoms with van der Waals surface area (Å²) in [6, 6.07) is 6.53. The van der Waals surface area contributed by atoms with E-state index in [1.807, 2.05) is 0 Å². The van der Waals surface area contributed by atoms with Gasteiger partial charge in [-0.1, -0.05) is 29.8 Å². The SMILES string of the molecule is CN(C)C(=O)C(C)(C)NC(=O)[C@H](O)c1ccccc1Cl. The Morgan fingerprint density at radius 1 is 1.30 bits per heavy atom. The van der Waals surface area contributed by atoms with Gasteiger partial charge in [0.25, 0.3) is 5.91 Å². The zero-order valence-electron chi connectivity index (χ0n) is 12.0. The van der Waals surface area contributed by atoms with Crippen molar-refractivity contribution in [3.8, 4) is 0 Å². The molecule has 2 amide bonds. The largest absolute Gasteiger partial charge is 0.378 e. The molecule has 0 saturated heterocycles. The number of aliphatic hydroxyl groups excluding tert-OH is 1. The smallest absolute Gasteiger partial charge is 0.254 e. The van der Waals surface area contributed by atoms with Crippen molar-refractivity contribution < 1.29 is 14.7 Å². The maximum Gasteiger partial charge on any atom is 0.254 e. The fourth-order valence-electron chi connectivity index (χ4n) is 1.83. The molecule has 0 radical (unpaired) electrons. The van der Waals surface area contributed by atoms with Gasteiger partial charge in [-0.2, -0.15) is 0 Å². The van der Waals surface area contributed by atoms with Crippen LogP contribution in [0.5, 0.6) is 0 Å². The topological polar surface area (TPSA) is 69.6 Å². The Balaban J connectivity index is 2.87. The van der Waals surface area contributed by atoms with Gasteiger partial charge in [0.15, 0.2) is 6.10 Å². The molecule has 0 fully saturated rings. The summed E-state index contributed by atoms with van der Waals surface area (Å²) in [5.41, 5.74) is -0.803. The first-order chi connectivity index (χ1) is 9.16.